The molecule has 0 aliphatic carbocycles. The normalized spacial score (nSPS) is 10.8. The van der Waals surface area contributed by atoms with Gasteiger partial charge in [-0.2, -0.15) is 0 Å². The van der Waals surface area contributed by atoms with Gasteiger partial charge in [0.15, 0.2) is 11.6 Å². The molecule has 4 nitrogen and oxygen atoms in total. The summed E-state index contributed by atoms with van der Waals surface area (Å²) < 4.78 is 34.1. The molecular formula is C14H20ClFO4. The molecule has 0 aliphatic rings. The van der Waals surface area contributed by atoms with E-state index in [1.54, 1.807) is 19.2 Å². The summed E-state index contributed by atoms with van der Waals surface area (Å²) in [7, 11) is 1.62. The zero-order valence-corrected chi connectivity index (χ0v) is 12.3. The second kappa shape index (κ2) is 10.9. The van der Waals surface area contributed by atoms with E-state index in [1.165, 1.54) is 6.07 Å². The lowest BCUT2D eigenvalue weighted by atomic mass is 10.2. The summed E-state index contributed by atoms with van der Waals surface area (Å²) in [6.45, 7) is 2.76. The first kappa shape index (κ1) is 17.2. The van der Waals surface area contributed by atoms with Crippen molar-refractivity contribution in [1.82, 2.24) is 0 Å². The van der Waals surface area contributed by atoms with Crippen LogP contribution in [-0.2, 0) is 20.1 Å². The number of hydrogen-bond acceptors (Lipinski definition) is 4. The molecule has 0 heterocycles. The predicted octanol–water partition coefficient (Wildman–Crippen LogP) is 2.62. The molecule has 0 aromatic heterocycles. The molecule has 6 heteroatoms. The minimum atomic E-state index is -0.411. The second-order valence-electron chi connectivity index (χ2n) is 3.96. The molecule has 0 atom stereocenters. The summed E-state index contributed by atoms with van der Waals surface area (Å²) >= 11 is 5.61. The van der Waals surface area contributed by atoms with Crippen molar-refractivity contribution in [2.75, 3.05) is 46.8 Å². The van der Waals surface area contributed by atoms with Gasteiger partial charge in [-0.05, 0) is 17.7 Å². The fourth-order valence-electron chi connectivity index (χ4n) is 1.42. The van der Waals surface area contributed by atoms with Crippen LogP contribution in [0.25, 0.3) is 0 Å². The Bertz CT molecular complexity index is 376. The van der Waals surface area contributed by atoms with Crippen molar-refractivity contribution in [2.45, 2.75) is 5.88 Å². The number of methoxy groups -OCH3 is 1. The lowest BCUT2D eigenvalue weighted by molar-refractivity contribution is 0.0177. The summed E-state index contributed by atoms with van der Waals surface area (Å²) in [6.07, 6.45) is 0. The van der Waals surface area contributed by atoms with Crippen LogP contribution in [0.4, 0.5) is 4.39 Å². The van der Waals surface area contributed by atoms with E-state index < -0.39 is 5.82 Å². The van der Waals surface area contributed by atoms with Crippen molar-refractivity contribution >= 4 is 11.6 Å². The lowest BCUT2D eigenvalue weighted by Gasteiger charge is -2.09. The summed E-state index contributed by atoms with van der Waals surface area (Å²) in [6, 6.07) is 4.67. The first-order valence-electron chi connectivity index (χ1n) is 6.39. The number of hydrogen-bond donors (Lipinski definition) is 0. The molecule has 0 saturated carbocycles. The molecule has 1 rings (SSSR count). The Hall–Kier alpha value is -0.880. The van der Waals surface area contributed by atoms with Crippen LogP contribution in [-0.4, -0.2) is 46.8 Å². The van der Waals surface area contributed by atoms with Crippen LogP contribution in [0.3, 0.4) is 0 Å². The summed E-state index contributed by atoms with van der Waals surface area (Å²) in [5, 5.41) is 0. The second-order valence-corrected chi connectivity index (χ2v) is 4.23. The maximum Gasteiger partial charge on any atom is 0.165 e. The van der Waals surface area contributed by atoms with Crippen LogP contribution >= 0.6 is 11.6 Å². The molecule has 0 N–H and O–H groups in total. The SMILES string of the molecule is COCCOCCOCCOc1ccc(CCl)cc1F. The maximum absolute atomic E-state index is 13.5. The molecule has 0 unspecified atom stereocenters. The third-order valence-electron chi connectivity index (χ3n) is 2.44. The van der Waals surface area contributed by atoms with Gasteiger partial charge in [0.05, 0.1) is 33.0 Å². The average molecular weight is 307 g/mol. The summed E-state index contributed by atoms with van der Waals surface area (Å²) in [5.41, 5.74) is 0.723. The molecule has 114 valence electrons. The van der Waals surface area contributed by atoms with Crippen LogP contribution in [0.15, 0.2) is 18.2 Å². The van der Waals surface area contributed by atoms with Gasteiger partial charge in [-0.15, -0.1) is 11.6 Å². The molecule has 0 bridgehead atoms. The fraction of sp³-hybridized carbons (Fsp3) is 0.571. The summed E-state index contributed by atoms with van der Waals surface area (Å²) in [5.74, 6) is 0.0773. The molecule has 0 amide bonds. The van der Waals surface area contributed by atoms with Gasteiger partial charge in [0.1, 0.15) is 6.61 Å². The molecular weight excluding hydrogens is 287 g/mol. The van der Waals surface area contributed by atoms with Crippen molar-refractivity contribution in [3.05, 3.63) is 29.6 Å². The number of ether oxygens (including phenoxy) is 4. The van der Waals surface area contributed by atoms with Gasteiger partial charge in [0.25, 0.3) is 0 Å². The highest BCUT2D eigenvalue weighted by molar-refractivity contribution is 6.17. The zero-order chi connectivity index (χ0) is 14.6. The quantitative estimate of drug-likeness (QED) is 0.465. The van der Waals surface area contributed by atoms with E-state index in [0.717, 1.165) is 5.56 Å². The summed E-state index contributed by atoms with van der Waals surface area (Å²) in [4.78, 5) is 0. The molecule has 0 saturated heterocycles. The van der Waals surface area contributed by atoms with Gasteiger partial charge < -0.3 is 18.9 Å². The smallest absolute Gasteiger partial charge is 0.165 e. The monoisotopic (exact) mass is 306 g/mol. The molecule has 0 fully saturated rings. The average Bonchev–Trinajstić information content (AvgIpc) is 2.47. The molecule has 20 heavy (non-hydrogen) atoms. The van der Waals surface area contributed by atoms with Gasteiger partial charge in [-0.1, -0.05) is 6.07 Å². The van der Waals surface area contributed by atoms with E-state index in [4.69, 9.17) is 30.5 Å². The molecule has 0 radical (unpaired) electrons. The van der Waals surface area contributed by atoms with Crippen LogP contribution in [0.2, 0.25) is 0 Å². The van der Waals surface area contributed by atoms with Crippen LogP contribution in [0, 0.1) is 5.82 Å². The highest BCUT2D eigenvalue weighted by Gasteiger charge is 2.04. The van der Waals surface area contributed by atoms with E-state index in [2.05, 4.69) is 0 Å². The van der Waals surface area contributed by atoms with Crippen molar-refractivity contribution in [3.63, 3.8) is 0 Å². The van der Waals surface area contributed by atoms with Crippen LogP contribution in [0.1, 0.15) is 5.56 Å². The van der Waals surface area contributed by atoms with Gasteiger partial charge in [0.2, 0.25) is 0 Å². The van der Waals surface area contributed by atoms with Gasteiger partial charge in [-0.25, -0.2) is 4.39 Å². The number of rotatable bonds is 11. The van der Waals surface area contributed by atoms with E-state index >= 15 is 0 Å². The third-order valence-corrected chi connectivity index (χ3v) is 2.75. The van der Waals surface area contributed by atoms with Crippen molar-refractivity contribution < 1.29 is 23.3 Å². The molecule has 1 aromatic carbocycles. The van der Waals surface area contributed by atoms with Gasteiger partial charge in [-0.3, -0.25) is 0 Å². The molecule has 0 aliphatic heterocycles. The van der Waals surface area contributed by atoms with Crippen LogP contribution in [0.5, 0.6) is 5.75 Å². The Morgan fingerprint density at radius 1 is 1.00 bits per heavy atom. The van der Waals surface area contributed by atoms with E-state index in [1.807, 2.05) is 0 Å². The Morgan fingerprint density at radius 2 is 1.65 bits per heavy atom. The predicted molar refractivity (Wildman–Crippen MR) is 75.0 cm³/mol. The highest BCUT2D eigenvalue weighted by Crippen LogP contribution is 2.19. The van der Waals surface area contributed by atoms with Crippen molar-refractivity contribution in [2.24, 2.45) is 0 Å². The maximum atomic E-state index is 13.5. The van der Waals surface area contributed by atoms with Gasteiger partial charge in [0, 0.05) is 13.0 Å². The Balaban J connectivity index is 2.06. The van der Waals surface area contributed by atoms with E-state index in [-0.39, 0.29) is 18.2 Å². The first-order valence-corrected chi connectivity index (χ1v) is 6.93. The topological polar surface area (TPSA) is 36.9 Å². The lowest BCUT2D eigenvalue weighted by Crippen LogP contribution is -2.12. The Morgan fingerprint density at radius 3 is 2.25 bits per heavy atom. The van der Waals surface area contributed by atoms with E-state index in [9.17, 15) is 4.39 Å². The van der Waals surface area contributed by atoms with Crippen molar-refractivity contribution in [3.8, 4) is 5.75 Å². The standard InChI is InChI=1S/C14H20ClFO4/c1-17-4-5-18-6-7-19-8-9-20-14-3-2-12(11-15)10-13(14)16/h2-3,10H,4-9,11H2,1H3. The largest absolute Gasteiger partial charge is 0.488 e. The zero-order valence-electron chi connectivity index (χ0n) is 11.6. The fourth-order valence-corrected chi connectivity index (χ4v) is 1.59. The van der Waals surface area contributed by atoms with Gasteiger partial charge >= 0.3 is 0 Å². The minimum Gasteiger partial charge on any atom is -0.488 e. The van der Waals surface area contributed by atoms with Crippen molar-refractivity contribution in [1.29, 1.82) is 0 Å². The first-order chi connectivity index (χ1) is 9.77. The number of halogens is 2. The Kier molecular flexibility index (Phi) is 9.32. The molecule has 1 aromatic rings. The Labute approximate surface area is 123 Å². The third kappa shape index (κ3) is 7.05. The number of alkyl halides is 1. The molecule has 0 spiro atoms. The van der Waals surface area contributed by atoms with Crippen LogP contribution < -0.4 is 4.74 Å². The minimum absolute atomic E-state index is 0.207. The van der Waals surface area contributed by atoms with E-state index in [0.29, 0.717) is 33.0 Å². The number of benzene rings is 1. The highest BCUT2D eigenvalue weighted by atomic mass is 35.5.